The average molecular weight is 359 g/mol. The Bertz CT molecular complexity index is 610. The number of methoxy groups -OCH3 is 2. The Kier molecular flexibility index (Phi) is 4.56. The van der Waals surface area contributed by atoms with Gasteiger partial charge in [0.05, 0.1) is 0 Å². The molecule has 0 unspecified atom stereocenters. The van der Waals surface area contributed by atoms with Gasteiger partial charge in [0.25, 0.3) is 0 Å². The van der Waals surface area contributed by atoms with E-state index in [1.807, 2.05) is 0 Å². The van der Waals surface area contributed by atoms with Crippen LogP contribution in [0.2, 0.25) is 5.32 Å². The van der Waals surface area contributed by atoms with Crippen LogP contribution in [0.5, 0.6) is 0 Å². The minimum absolute atomic E-state index is 0.0168. The van der Waals surface area contributed by atoms with Crippen molar-refractivity contribution in [2.75, 3.05) is 14.2 Å². The maximum atomic E-state index is 5.66. The summed E-state index contributed by atoms with van der Waals surface area (Å²) in [7, 11) is 3.48. The SMILES string of the molecule is COC1=C(OC)CC(c2ccccc2)(c2ccccc2)[Se]C1. The topological polar surface area (TPSA) is 18.5 Å². The van der Waals surface area contributed by atoms with Crippen LogP contribution in [-0.2, 0) is 13.8 Å². The molecule has 0 atom stereocenters. The molecule has 0 saturated heterocycles. The molecule has 1 aliphatic heterocycles. The van der Waals surface area contributed by atoms with E-state index < -0.39 is 0 Å². The van der Waals surface area contributed by atoms with E-state index in [2.05, 4.69) is 60.7 Å². The first-order valence-electron chi connectivity index (χ1n) is 7.35. The standard InChI is InChI=1S/C19H20O2Se/c1-20-17-13-19(22-14-18(17)21-2,15-9-5-3-6-10-15)16-11-7-4-8-12-16/h3-12H,13-14H2,1-2H3. The molecule has 22 heavy (non-hydrogen) atoms. The minimum atomic E-state index is 0.0168. The molecule has 2 aromatic rings. The predicted octanol–water partition coefficient (Wildman–Crippen LogP) is 3.96. The Morgan fingerprint density at radius 1 is 0.773 bits per heavy atom. The third-order valence-corrected chi connectivity index (χ3v) is 7.32. The Morgan fingerprint density at radius 3 is 1.73 bits per heavy atom. The zero-order chi connectivity index (χ0) is 15.4. The van der Waals surface area contributed by atoms with Gasteiger partial charge in [0, 0.05) is 0 Å². The second kappa shape index (κ2) is 6.60. The molecule has 3 rings (SSSR count). The fourth-order valence-corrected chi connectivity index (χ4v) is 6.09. The van der Waals surface area contributed by atoms with Crippen LogP contribution in [0.1, 0.15) is 17.5 Å². The van der Waals surface area contributed by atoms with Gasteiger partial charge in [-0.2, -0.15) is 0 Å². The Labute approximate surface area is 138 Å². The molecule has 3 heteroatoms. The number of allylic oxidation sites excluding steroid dienone is 2. The summed E-state index contributed by atoms with van der Waals surface area (Å²) < 4.78 is 11.2. The average Bonchev–Trinajstić information content (AvgIpc) is 2.62. The molecule has 0 bridgehead atoms. The molecular formula is C19H20O2Se. The first kappa shape index (κ1) is 15.2. The summed E-state index contributed by atoms with van der Waals surface area (Å²) in [6.45, 7) is 0. The van der Waals surface area contributed by atoms with Gasteiger partial charge >= 0.3 is 138 Å². The third kappa shape index (κ3) is 2.67. The van der Waals surface area contributed by atoms with Crippen molar-refractivity contribution in [2.45, 2.75) is 16.1 Å². The van der Waals surface area contributed by atoms with Gasteiger partial charge in [-0.25, -0.2) is 0 Å². The molecular weight excluding hydrogens is 339 g/mol. The van der Waals surface area contributed by atoms with Crippen LogP contribution >= 0.6 is 0 Å². The van der Waals surface area contributed by atoms with Crippen molar-refractivity contribution in [1.29, 1.82) is 0 Å². The second-order valence-electron chi connectivity index (χ2n) is 5.28. The van der Waals surface area contributed by atoms with Crippen LogP contribution < -0.4 is 0 Å². The molecule has 2 nitrogen and oxygen atoms in total. The zero-order valence-electron chi connectivity index (χ0n) is 12.9. The van der Waals surface area contributed by atoms with Gasteiger partial charge < -0.3 is 0 Å². The van der Waals surface area contributed by atoms with E-state index in [-0.39, 0.29) is 4.31 Å². The first-order valence-corrected chi connectivity index (χ1v) is 9.42. The molecule has 2 aromatic carbocycles. The van der Waals surface area contributed by atoms with E-state index in [0.29, 0.717) is 15.0 Å². The van der Waals surface area contributed by atoms with Crippen LogP contribution in [0, 0.1) is 0 Å². The number of rotatable bonds is 4. The Morgan fingerprint density at radius 2 is 1.27 bits per heavy atom. The van der Waals surface area contributed by atoms with Crippen LogP contribution in [0.4, 0.5) is 0 Å². The van der Waals surface area contributed by atoms with Crippen LogP contribution in [0.3, 0.4) is 0 Å². The molecule has 0 saturated carbocycles. The van der Waals surface area contributed by atoms with Gasteiger partial charge in [-0.05, 0) is 0 Å². The summed E-state index contributed by atoms with van der Waals surface area (Å²) in [6.07, 6.45) is 0.862. The summed E-state index contributed by atoms with van der Waals surface area (Å²) >= 11 is 0.364. The van der Waals surface area contributed by atoms with E-state index in [1.165, 1.54) is 11.1 Å². The predicted molar refractivity (Wildman–Crippen MR) is 89.9 cm³/mol. The van der Waals surface area contributed by atoms with Crippen molar-refractivity contribution in [3.8, 4) is 0 Å². The zero-order valence-corrected chi connectivity index (χ0v) is 14.6. The summed E-state index contributed by atoms with van der Waals surface area (Å²) in [6, 6.07) is 21.6. The van der Waals surface area contributed by atoms with Gasteiger partial charge in [-0.1, -0.05) is 0 Å². The van der Waals surface area contributed by atoms with E-state index in [0.717, 1.165) is 23.3 Å². The molecule has 0 radical (unpaired) electrons. The van der Waals surface area contributed by atoms with Crippen LogP contribution in [0.15, 0.2) is 72.2 Å². The van der Waals surface area contributed by atoms with Gasteiger partial charge in [0.15, 0.2) is 0 Å². The van der Waals surface area contributed by atoms with Crippen LogP contribution in [0.25, 0.3) is 0 Å². The molecule has 114 valence electrons. The fraction of sp³-hybridized carbons (Fsp3) is 0.263. The number of hydrogen-bond acceptors (Lipinski definition) is 2. The third-order valence-electron chi connectivity index (χ3n) is 4.14. The van der Waals surface area contributed by atoms with Crippen LogP contribution in [-0.4, -0.2) is 29.2 Å². The van der Waals surface area contributed by atoms with Crippen molar-refractivity contribution in [3.05, 3.63) is 83.3 Å². The summed E-state index contributed by atoms with van der Waals surface area (Å²) in [5.41, 5.74) is 2.73. The van der Waals surface area contributed by atoms with Gasteiger partial charge in [-0.3, -0.25) is 0 Å². The van der Waals surface area contributed by atoms with E-state index in [4.69, 9.17) is 9.47 Å². The van der Waals surface area contributed by atoms with E-state index in [9.17, 15) is 0 Å². The van der Waals surface area contributed by atoms with E-state index in [1.54, 1.807) is 14.2 Å². The van der Waals surface area contributed by atoms with Gasteiger partial charge in [0.1, 0.15) is 0 Å². The van der Waals surface area contributed by atoms with Gasteiger partial charge in [0.2, 0.25) is 0 Å². The quantitative estimate of drug-likeness (QED) is 0.770. The molecule has 1 heterocycles. The number of ether oxygens (including phenoxy) is 2. The molecule has 0 fully saturated rings. The summed E-state index contributed by atoms with van der Waals surface area (Å²) in [4.78, 5) is 0. The van der Waals surface area contributed by atoms with Crippen molar-refractivity contribution in [3.63, 3.8) is 0 Å². The monoisotopic (exact) mass is 360 g/mol. The van der Waals surface area contributed by atoms with E-state index >= 15 is 0 Å². The van der Waals surface area contributed by atoms with Crippen molar-refractivity contribution < 1.29 is 9.47 Å². The molecule has 1 aliphatic rings. The Balaban J connectivity index is 2.13. The van der Waals surface area contributed by atoms with Gasteiger partial charge in [-0.15, -0.1) is 0 Å². The molecule has 0 aliphatic carbocycles. The second-order valence-corrected chi connectivity index (χ2v) is 7.95. The van der Waals surface area contributed by atoms with Crippen molar-refractivity contribution in [2.24, 2.45) is 0 Å². The fourth-order valence-electron chi connectivity index (χ4n) is 2.96. The van der Waals surface area contributed by atoms with Crippen molar-refractivity contribution >= 4 is 15.0 Å². The first-order chi connectivity index (χ1) is 10.8. The van der Waals surface area contributed by atoms with Crippen molar-refractivity contribution in [1.82, 2.24) is 0 Å². The Hall–Kier alpha value is -1.70. The summed E-state index contributed by atoms with van der Waals surface area (Å²) in [5.74, 6) is 1.98. The number of benzene rings is 2. The molecule has 0 N–H and O–H groups in total. The molecule has 0 aromatic heterocycles. The molecule has 0 spiro atoms. The summed E-state index contributed by atoms with van der Waals surface area (Å²) in [5, 5.41) is 0.955. The maximum absolute atomic E-state index is 5.66. The number of hydrogen-bond donors (Lipinski definition) is 0. The molecule has 0 amide bonds. The normalized spacial score (nSPS) is 17.2.